The highest BCUT2D eigenvalue weighted by atomic mass is 35.5. The molecule has 1 fully saturated rings. The van der Waals surface area contributed by atoms with Crippen molar-refractivity contribution in [2.45, 2.75) is 58.5 Å². The maximum atomic E-state index is 6.24. The van der Waals surface area contributed by atoms with E-state index < -0.39 is 0 Å². The molecular weight excluding hydrogens is 254 g/mol. The molecule has 1 aliphatic rings. The Balaban J connectivity index is 1.90. The second-order valence-electron chi connectivity index (χ2n) is 6.37. The minimum Gasteiger partial charge on any atom is -0.311 e. The minimum absolute atomic E-state index is 0.484. The highest BCUT2D eigenvalue weighted by Crippen LogP contribution is 2.29. The molecule has 1 aromatic rings. The van der Waals surface area contributed by atoms with E-state index in [0.717, 1.165) is 23.3 Å². The Morgan fingerprint density at radius 1 is 1.26 bits per heavy atom. The SMILES string of the molecule is CC1CCC(C)C(NC(C)Cc2ccccc2Cl)C1. The number of benzene rings is 1. The van der Waals surface area contributed by atoms with Crippen molar-refractivity contribution < 1.29 is 0 Å². The molecule has 2 heteroatoms. The summed E-state index contributed by atoms with van der Waals surface area (Å²) in [4.78, 5) is 0. The van der Waals surface area contributed by atoms with Gasteiger partial charge < -0.3 is 5.32 Å². The molecule has 2 rings (SSSR count). The smallest absolute Gasteiger partial charge is 0.0438 e. The van der Waals surface area contributed by atoms with Crippen LogP contribution in [0.25, 0.3) is 0 Å². The Bertz CT molecular complexity index is 404. The van der Waals surface area contributed by atoms with E-state index in [0.29, 0.717) is 12.1 Å². The lowest BCUT2D eigenvalue weighted by molar-refractivity contribution is 0.215. The summed E-state index contributed by atoms with van der Waals surface area (Å²) in [6.07, 6.45) is 5.07. The Morgan fingerprint density at radius 2 is 2.00 bits per heavy atom. The molecule has 106 valence electrons. The van der Waals surface area contributed by atoms with E-state index in [1.807, 2.05) is 12.1 Å². The van der Waals surface area contributed by atoms with Gasteiger partial charge in [0.05, 0.1) is 0 Å². The number of rotatable bonds is 4. The molecule has 0 aromatic heterocycles. The van der Waals surface area contributed by atoms with Crippen LogP contribution in [0.5, 0.6) is 0 Å². The van der Waals surface area contributed by atoms with E-state index in [9.17, 15) is 0 Å². The van der Waals surface area contributed by atoms with E-state index in [1.165, 1.54) is 24.8 Å². The Kier molecular flexibility index (Phi) is 5.29. The number of nitrogens with one attached hydrogen (secondary N) is 1. The van der Waals surface area contributed by atoms with Gasteiger partial charge in [0.1, 0.15) is 0 Å². The molecule has 1 aliphatic carbocycles. The molecule has 0 aliphatic heterocycles. The third-order valence-electron chi connectivity index (χ3n) is 4.44. The molecule has 0 radical (unpaired) electrons. The Labute approximate surface area is 122 Å². The van der Waals surface area contributed by atoms with Gasteiger partial charge >= 0.3 is 0 Å². The highest BCUT2D eigenvalue weighted by molar-refractivity contribution is 6.31. The summed E-state index contributed by atoms with van der Waals surface area (Å²) in [5, 5.41) is 4.71. The van der Waals surface area contributed by atoms with Crippen molar-refractivity contribution >= 4 is 11.6 Å². The van der Waals surface area contributed by atoms with Gasteiger partial charge in [-0.1, -0.05) is 50.1 Å². The van der Waals surface area contributed by atoms with Crippen LogP contribution in [0.1, 0.15) is 45.6 Å². The van der Waals surface area contributed by atoms with Gasteiger partial charge in [-0.15, -0.1) is 0 Å². The normalized spacial score (nSPS) is 29.2. The summed E-state index contributed by atoms with van der Waals surface area (Å²) >= 11 is 6.24. The van der Waals surface area contributed by atoms with E-state index >= 15 is 0 Å². The molecular formula is C17H26ClN. The van der Waals surface area contributed by atoms with Crippen LogP contribution in [-0.4, -0.2) is 12.1 Å². The molecule has 1 aromatic carbocycles. The van der Waals surface area contributed by atoms with Crippen LogP contribution in [0.2, 0.25) is 5.02 Å². The van der Waals surface area contributed by atoms with Crippen LogP contribution in [0.15, 0.2) is 24.3 Å². The molecule has 1 saturated carbocycles. The van der Waals surface area contributed by atoms with Crippen LogP contribution in [0.3, 0.4) is 0 Å². The molecule has 19 heavy (non-hydrogen) atoms. The van der Waals surface area contributed by atoms with Crippen LogP contribution < -0.4 is 5.32 Å². The fourth-order valence-corrected chi connectivity index (χ4v) is 3.40. The standard InChI is InChI=1S/C17H26ClN/c1-12-8-9-13(2)17(10-12)19-14(3)11-15-6-4-5-7-16(15)18/h4-7,12-14,17,19H,8-11H2,1-3H3. The zero-order chi connectivity index (χ0) is 13.8. The fraction of sp³-hybridized carbons (Fsp3) is 0.647. The monoisotopic (exact) mass is 279 g/mol. The lowest BCUT2D eigenvalue weighted by Gasteiger charge is -2.35. The predicted octanol–water partition coefficient (Wildman–Crippen LogP) is 4.69. The zero-order valence-corrected chi connectivity index (χ0v) is 13.1. The first-order valence-corrected chi connectivity index (χ1v) is 7.93. The first-order chi connectivity index (χ1) is 9.06. The van der Waals surface area contributed by atoms with Crippen molar-refractivity contribution in [3.8, 4) is 0 Å². The predicted molar refractivity (Wildman–Crippen MR) is 83.7 cm³/mol. The minimum atomic E-state index is 0.484. The summed E-state index contributed by atoms with van der Waals surface area (Å²) in [6.45, 7) is 7.03. The van der Waals surface area contributed by atoms with Crippen molar-refractivity contribution in [2.24, 2.45) is 11.8 Å². The van der Waals surface area contributed by atoms with Crippen LogP contribution in [0, 0.1) is 11.8 Å². The van der Waals surface area contributed by atoms with Crippen molar-refractivity contribution in [3.05, 3.63) is 34.9 Å². The first kappa shape index (κ1) is 14.9. The number of hydrogen-bond donors (Lipinski definition) is 1. The Morgan fingerprint density at radius 3 is 2.74 bits per heavy atom. The molecule has 0 saturated heterocycles. The van der Waals surface area contributed by atoms with Gasteiger partial charge in [0, 0.05) is 17.1 Å². The van der Waals surface area contributed by atoms with Crippen LogP contribution in [-0.2, 0) is 6.42 Å². The highest BCUT2D eigenvalue weighted by Gasteiger charge is 2.26. The quantitative estimate of drug-likeness (QED) is 0.843. The number of halogens is 1. The third kappa shape index (κ3) is 4.22. The second kappa shape index (κ2) is 6.76. The van der Waals surface area contributed by atoms with E-state index in [4.69, 9.17) is 11.6 Å². The van der Waals surface area contributed by atoms with Crippen LogP contribution >= 0.6 is 11.6 Å². The molecule has 1 nitrogen and oxygen atoms in total. The van der Waals surface area contributed by atoms with Gasteiger partial charge in [-0.2, -0.15) is 0 Å². The summed E-state index contributed by atoms with van der Waals surface area (Å²) in [5.74, 6) is 1.66. The summed E-state index contributed by atoms with van der Waals surface area (Å²) in [7, 11) is 0. The van der Waals surface area contributed by atoms with Gasteiger partial charge in [0.2, 0.25) is 0 Å². The fourth-order valence-electron chi connectivity index (χ4n) is 3.18. The van der Waals surface area contributed by atoms with Crippen molar-refractivity contribution in [3.63, 3.8) is 0 Å². The van der Waals surface area contributed by atoms with Crippen molar-refractivity contribution in [1.29, 1.82) is 0 Å². The van der Waals surface area contributed by atoms with E-state index in [-0.39, 0.29) is 0 Å². The van der Waals surface area contributed by atoms with Crippen molar-refractivity contribution in [2.75, 3.05) is 0 Å². The largest absolute Gasteiger partial charge is 0.311 e. The van der Waals surface area contributed by atoms with E-state index in [2.05, 4.69) is 38.2 Å². The third-order valence-corrected chi connectivity index (χ3v) is 4.81. The molecule has 0 heterocycles. The molecule has 0 spiro atoms. The average Bonchev–Trinajstić information content (AvgIpc) is 2.37. The second-order valence-corrected chi connectivity index (χ2v) is 6.77. The first-order valence-electron chi connectivity index (χ1n) is 7.55. The topological polar surface area (TPSA) is 12.0 Å². The average molecular weight is 280 g/mol. The molecule has 4 unspecified atom stereocenters. The molecule has 0 bridgehead atoms. The van der Waals surface area contributed by atoms with Crippen LogP contribution in [0.4, 0.5) is 0 Å². The lowest BCUT2D eigenvalue weighted by Crippen LogP contribution is -2.44. The van der Waals surface area contributed by atoms with Gasteiger partial charge in [0.15, 0.2) is 0 Å². The summed E-state index contributed by atoms with van der Waals surface area (Å²) in [5.41, 5.74) is 1.25. The zero-order valence-electron chi connectivity index (χ0n) is 12.3. The van der Waals surface area contributed by atoms with Gasteiger partial charge in [-0.25, -0.2) is 0 Å². The van der Waals surface area contributed by atoms with Gasteiger partial charge in [-0.05, 0) is 49.7 Å². The van der Waals surface area contributed by atoms with Gasteiger partial charge in [0.25, 0.3) is 0 Å². The lowest BCUT2D eigenvalue weighted by atomic mass is 9.79. The van der Waals surface area contributed by atoms with Gasteiger partial charge in [-0.3, -0.25) is 0 Å². The van der Waals surface area contributed by atoms with E-state index in [1.54, 1.807) is 0 Å². The van der Waals surface area contributed by atoms with Crippen molar-refractivity contribution in [1.82, 2.24) is 5.32 Å². The number of hydrogen-bond acceptors (Lipinski definition) is 1. The maximum absolute atomic E-state index is 6.24. The summed E-state index contributed by atoms with van der Waals surface area (Å²) in [6, 6.07) is 9.33. The molecule has 4 atom stereocenters. The maximum Gasteiger partial charge on any atom is 0.0438 e. The molecule has 0 amide bonds. The molecule has 1 N–H and O–H groups in total. The Hall–Kier alpha value is -0.530. The summed E-state index contributed by atoms with van der Waals surface area (Å²) < 4.78 is 0.